The molecule has 8 nitrogen and oxygen atoms in total. The summed E-state index contributed by atoms with van der Waals surface area (Å²) < 4.78 is 3.43. The minimum Gasteiger partial charge on any atom is -0.342 e. The van der Waals surface area contributed by atoms with Crippen molar-refractivity contribution >= 4 is 27.8 Å². The molecule has 7 rings (SSSR count). The number of hydrogen-bond donors (Lipinski definition) is 0. The maximum atomic E-state index is 13.7. The van der Waals surface area contributed by atoms with Gasteiger partial charge in [-0.1, -0.05) is 42.5 Å². The van der Waals surface area contributed by atoms with E-state index in [9.17, 15) is 9.59 Å². The Morgan fingerprint density at radius 2 is 1.79 bits per heavy atom. The molecule has 1 atom stereocenters. The molecule has 0 N–H and O–H groups in total. The smallest absolute Gasteiger partial charge is 0.264 e. The van der Waals surface area contributed by atoms with E-state index in [1.807, 2.05) is 23.1 Å². The highest BCUT2D eigenvalue weighted by molar-refractivity contribution is 5.84. The molecule has 1 unspecified atom stereocenters. The maximum absolute atomic E-state index is 13.7. The van der Waals surface area contributed by atoms with Crippen molar-refractivity contribution in [1.82, 2.24) is 29.2 Å². The monoisotopic (exact) mass is 504 g/mol. The Morgan fingerprint density at radius 3 is 2.61 bits per heavy atom. The van der Waals surface area contributed by atoms with Gasteiger partial charge in [0.2, 0.25) is 5.91 Å². The molecule has 3 aromatic heterocycles. The highest BCUT2D eigenvalue weighted by Crippen LogP contribution is 2.33. The highest BCUT2D eigenvalue weighted by Gasteiger charge is 2.37. The van der Waals surface area contributed by atoms with Crippen LogP contribution in [0.3, 0.4) is 0 Å². The number of carbonyl (C=O) groups is 1. The summed E-state index contributed by atoms with van der Waals surface area (Å²) in [5.74, 6) is 1.34. The number of fused-ring (bicyclic) bond motifs is 2. The van der Waals surface area contributed by atoms with Crippen molar-refractivity contribution in [2.24, 2.45) is 18.9 Å². The van der Waals surface area contributed by atoms with Crippen molar-refractivity contribution in [2.45, 2.75) is 25.8 Å². The number of nitrogens with zero attached hydrogens (tertiary/aromatic N) is 6. The average molecular weight is 505 g/mol. The van der Waals surface area contributed by atoms with Gasteiger partial charge in [0.25, 0.3) is 5.56 Å². The number of rotatable bonds is 5. The molecule has 0 bridgehead atoms. The largest absolute Gasteiger partial charge is 0.342 e. The Bertz CT molecular complexity index is 1750. The summed E-state index contributed by atoms with van der Waals surface area (Å²) in [7, 11) is 1.80. The van der Waals surface area contributed by atoms with Crippen LogP contribution in [0.5, 0.6) is 0 Å². The molecule has 38 heavy (non-hydrogen) atoms. The number of pyridine rings is 1. The number of amides is 1. The second-order valence-corrected chi connectivity index (χ2v) is 10.6. The molecule has 1 saturated heterocycles. The predicted molar refractivity (Wildman–Crippen MR) is 146 cm³/mol. The molecule has 8 heteroatoms. The van der Waals surface area contributed by atoms with Gasteiger partial charge in [0.15, 0.2) is 5.65 Å². The van der Waals surface area contributed by atoms with E-state index in [-0.39, 0.29) is 23.3 Å². The van der Waals surface area contributed by atoms with Gasteiger partial charge in [0.1, 0.15) is 11.2 Å². The molecular formula is C30H28N6O2. The van der Waals surface area contributed by atoms with Gasteiger partial charge in [-0.25, -0.2) is 4.98 Å². The van der Waals surface area contributed by atoms with Crippen LogP contribution >= 0.6 is 0 Å². The standard InChI is InChI=1S/C30H28N6O2/c1-34-28-25(16-32-34)30(38)36(18-19-12-14-35(17-19)29(37)23-9-10-23)27(33-28)22-7-4-20(5-8-22)24-11-6-21-3-2-13-31-26(21)15-24/h2-8,11,13,15-16,19,23H,9-10,12,14,17-18H2,1H3. The number of benzene rings is 2. The van der Waals surface area contributed by atoms with Gasteiger partial charge in [-0.3, -0.25) is 23.8 Å². The normalized spacial score (nSPS) is 17.5. The van der Waals surface area contributed by atoms with Crippen molar-refractivity contribution in [1.29, 1.82) is 0 Å². The van der Waals surface area contributed by atoms with Gasteiger partial charge in [-0.15, -0.1) is 0 Å². The molecule has 1 saturated carbocycles. The minimum absolute atomic E-state index is 0.0882. The molecular weight excluding hydrogens is 476 g/mol. The van der Waals surface area contributed by atoms with Crippen molar-refractivity contribution in [2.75, 3.05) is 13.1 Å². The first kappa shape index (κ1) is 22.8. The third-order valence-electron chi connectivity index (χ3n) is 7.90. The van der Waals surface area contributed by atoms with E-state index in [1.54, 1.807) is 28.7 Å². The van der Waals surface area contributed by atoms with Gasteiger partial charge in [-0.05, 0) is 48.4 Å². The van der Waals surface area contributed by atoms with E-state index in [4.69, 9.17) is 4.98 Å². The Hall–Kier alpha value is -4.33. The van der Waals surface area contributed by atoms with Crippen LogP contribution in [-0.4, -0.2) is 48.2 Å². The van der Waals surface area contributed by atoms with E-state index in [1.165, 1.54) is 0 Å². The molecule has 1 aliphatic heterocycles. The number of likely N-dealkylation sites (tertiary alicyclic amines) is 1. The van der Waals surface area contributed by atoms with Crippen LogP contribution in [0.15, 0.2) is 71.8 Å². The molecule has 190 valence electrons. The summed E-state index contributed by atoms with van der Waals surface area (Å²) in [6.45, 7) is 1.99. The topological polar surface area (TPSA) is 85.9 Å². The Balaban J connectivity index is 1.24. The summed E-state index contributed by atoms with van der Waals surface area (Å²) in [4.78, 5) is 37.6. The second kappa shape index (κ2) is 8.90. The molecule has 2 fully saturated rings. The van der Waals surface area contributed by atoms with Gasteiger partial charge < -0.3 is 4.90 Å². The first-order valence-corrected chi connectivity index (χ1v) is 13.2. The van der Waals surface area contributed by atoms with Gasteiger partial charge in [-0.2, -0.15) is 5.10 Å². The molecule has 1 amide bonds. The van der Waals surface area contributed by atoms with E-state index in [2.05, 4.69) is 46.5 Å². The minimum atomic E-state index is -0.0882. The van der Waals surface area contributed by atoms with E-state index in [0.29, 0.717) is 29.9 Å². The number of aromatic nitrogens is 5. The second-order valence-electron chi connectivity index (χ2n) is 10.6. The Labute approximate surface area is 219 Å². The molecule has 4 heterocycles. The van der Waals surface area contributed by atoms with Crippen LogP contribution in [0.25, 0.3) is 44.5 Å². The van der Waals surface area contributed by atoms with Gasteiger partial charge in [0.05, 0.1) is 11.7 Å². The highest BCUT2D eigenvalue weighted by atomic mass is 16.2. The summed E-state index contributed by atoms with van der Waals surface area (Å²) in [6, 6.07) is 18.4. The van der Waals surface area contributed by atoms with Crippen LogP contribution in [0.4, 0.5) is 0 Å². The first-order chi connectivity index (χ1) is 18.5. The first-order valence-electron chi connectivity index (χ1n) is 13.2. The number of carbonyl (C=O) groups excluding carboxylic acids is 1. The van der Waals surface area contributed by atoms with Crippen LogP contribution < -0.4 is 5.56 Å². The van der Waals surface area contributed by atoms with Crippen molar-refractivity contribution < 1.29 is 4.79 Å². The zero-order valence-corrected chi connectivity index (χ0v) is 21.2. The molecule has 5 aromatic rings. The molecule has 0 spiro atoms. The van der Waals surface area contributed by atoms with Crippen molar-refractivity contribution in [3.05, 3.63) is 77.3 Å². The summed E-state index contributed by atoms with van der Waals surface area (Å²) in [5, 5.41) is 5.91. The third-order valence-corrected chi connectivity index (χ3v) is 7.90. The Morgan fingerprint density at radius 1 is 1.00 bits per heavy atom. The maximum Gasteiger partial charge on any atom is 0.264 e. The zero-order chi connectivity index (χ0) is 25.8. The van der Waals surface area contributed by atoms with Crippen LogP contribution in [0, 0.1) is 11.8 Å². The Kier molecular flexibility index (Phi) is 5.35. The van der Waals surface area contributed by atoms with Crippen LogP contribution in [0.2, 0.25) is 0 Å². The fourth-order valence-corrected chi connectivity index (χ4v) is 5.59. The van der Waals surface area contributed by atoms with Crippen LogP contribution in [-0.2, 0) is 18.4 Å². The summed E-state index contributed by atoms with van der Waals surface area (Å²) >= 11 is 0. The lowest BCUT2D eigenvalue weighted by Crippen LogP contribution is -2.32. The fraction of sp³-hybridized carbons (Fsp3) is 0.300. The molecule has 2 aliphatic rings. The lowest BCUT2D eigenvalue weighted by atomic mass is 10.0. The van der Waals surface area contributed by atoms with Gasteiger partial charge in [0, 0.05) is 49.7 Å². The fourth-order valence-electron chi connectivity index (χ4n) is 5.59. The quantitative estimate of drug-likeness (QED) is 0.357. The molecule has 1 aliphatic carbocycles. The van der Waals surface area contributed by atoms with E-state index < -0.39 is 0 Å². The van der Waals surface area contributed by atoms with Crippen molar-refractivity contribution in [3.8, 4) is 22.5 Å². The van der Waals surface area contributed by atoms with Gasteiger partial charge >= 0.3 is 0 Å². The SMILES string of the molecule is Cn1ncc2c(=O)n(CC3CCN(C(=O)C4CC4)C3)c(-c3ccc(-c4ccc5cccnc5c4)cc3)nc21. The predicted octanol–water partition coefficient (Wildman–Crippen LogP) is 4.27. The number of hydrogen-bond acceptors (Lipinski definition) is 5. The average Bonchev–Trinajstić information content (AvgIpc) is 3.59. The lowest BCUT2D eigenvalue weighted by molar-refractivity contribution is -0.131. The van der Waals surface area contributed by atoms with E-state index >= 15 is 0 Å². The van der Waals surface area contributed by atoms with E-state index in [0.717, 1.165) is 53.4 Å². The summed E-state index contributed by atoms with van der Waals surface area (Å²) in [6.07, 6.45) is 6.32. The summed E-state index contributed by atoms with van der Waals surface area (Å²) in [5.41, 5.74) is 4.47. The third kappa shape index (κ3) is 3.97. The molecule has 2 aromatic carbocycles. The van der Waals surface area contributed by atoms with Crippen molar-refractivity contribution in [3.63, 3.8) is 0 Å². The lowest BCUT2D eigenvalue weighted by Gasteiger charge is -2.18. The molecule has 0 radical (unpaired) electrons. The van der Waals surface area contributed by atoms with Crippen LogP contribution in [0.1, 0.15) is 19.3 Å². The number of aryl methyl sites for hydroxylation is 1. The zero-order valence-electron chi connectivity index (χ0n) is 21.2.